The van der Waals surface area contributed by atoms with Crippen LogP contribution in [0.4, 0.5) is 10.1 Å². The van der Waals surface area contributed by atoms with E-state index < -0.39 is 11.7 Å². The Morgan fingerprint density at radius 3 is 2.29 bits per heavy atom. The molecule has 0 bridgehead atoms. The normalized spacial score (nSPS) is 11.5. The summed E-state index contributed by atoms with van der Waals surface area (Å²) in [4.78, 5) is 25.2. The van der Waals surface area contributed by atoms with Crippen molar-refractivity contribution in [3.05, 3.63) is 100 Å². The quantitative estimate of drug-likeness (QED) is 0.621. The van der Waals surface area contributed by atoms with Crippen LogP contribution in [-0.4, -0.2) is 11.8 Å². The molecule has 142 valence electrons. The Kier molecular flexibility index (Phi) is 6.06. The molecule has 3 aromatic rings. The molecule has 0 aliphatic carbocycles. The largest absolute Gasteiger partial charge is 0.345 e. The van der Waals surface area contributed by atoms with Crippen LogP contribution in [-0.2, 0) is 0 Å². The summed E-state index contributed by atoms with van der Waals surface area (Å²) >= 11 is 5.72. The van der Waals surface area contributed by atoms with Crippen molar-refractivity contribution in [3.63, 3.8) is 0 Å². The number of para-hydroxylation sites is 1. The van der Waals surface area contributed by atoms with Gasteiger partial charge >= 0.3 is 0 Å². The van der Waals surface area contributed by atoms with Crippen molar-refractivity contribution < 1.29 is 14.0 Å². The maximum absolute atomic E-state index is 14.0. The molecule has 0 heterocycles. The Hall–Kier alpha value is -3.18. The summed E-state index contributed by atoms with van der Waals surface area (Å²) in [5.74, 6) is -1.74. The molecule has 6 heteroatoms. The van der Waals surface area contributed by atoms with Crippen molar-refractivity contribution >= 4 is 29.1 Å². The van der Waals surface area contributed by atoms with E-state index in [-0.39, 0.29) is 28.1 Å². The molecule has 0 fully saturated rings. The average Bonchev–Trinajstić information content (AvgIpc) is 2.68. The van der Waals surface area contributed by atoms with Crippen molar-refractivity contribution in [3.8, 4) is 0 Å². The Morgan fingerprint density at radius 1 is 0.893 bits per heavy atom. The van der Waals surface area contributed by atoms with Gasteiger partial charge in [0, 0.05) is 5.02 Å². The number of benzene rings is 3. The van der Waals surface area contributed by atoms with Crippen molar-refractivity contribution in [2.45, 2.75) is 13.0 Å². The zero-order chi connectivity index (χ0) is 20.1. The number of carbonyl (C=O) groups is 2. The van der Waals surface area contributed by atoms with Gasteiger partial charge in [-0.05, 0) is 42.8 Å². The Balaban J connectivity index is 1.79. The lowest BCUT2D eigenvalue weighted by Gasteiger charge is -2.16. The smallest absolute Gasteiger partial charge is 0.258 e. The SMILES string of the molecule is C[C@@H](NC(=O)c1ccccc1NC(=O)c1ccc(Cl)cc1F)c1ccccc1. The monoisotopic (exact) mass is 396 g/mol. The van der Waals surface area contributed by atoms with Gasteiger partial charge in [0.15, 0.2) is 0 Å². The van der Waals surface area contributed by atoms with E-state index in [1.165, 1.54) is 12.1 Å². The zero-order valence-electron chi connectivity index (χ0n) is 15.1. The maximum Gasteiger partial charge on any atom is 0.258 e. The van der Waals surface area contributed by atoms with Crippen LogP contribution in [0.3, 0.4) is 0 Å². The summed E-state index contributed by atoms with van der Waals surface area (Å²) in [6.45, 7) is 1.87. The van der Waals surface area contributed by atoms with Gasteiger partial charge in [-0.15, -0.1) is 0 Å². The van der Waals surface area contributed by atoms with Crippen LogP contribution in [0.5, 0.6) is 0 Å². The first-order chi connectivity index (χ1) is 13.5. The summed E-state index contributed by atoms with van der Waals surface area (Å²) in [6, 6.07) is 19.7. The third-order valence-corrected chi connectivity index (χ3v) is 4.48. The maximum atomic E-state index is 14.0. The topological polar surface area (TPSA) is 58.2 Å². The van der Waals surface area contributed by atoms with E-state index in [9.17, 15) is 14.0 Å². The van der Waals surface area contributed by atoms with E-state index in [0.717, 1.165) is 11.6 Å². The minimum absolute atomic E-state index is 0.155. The highest BCUT2D eigenvalue weighted by molar-refractivity contribution is 6.30. The van der Waals surface area contributed by atoms with Crippen molar-refractivity contribution in [2.24, 2.45) is 0 Å². The number of hydrogen-bond acceptors (Lipinski definition) is 2. The highest BCUT2D eigenvalue weighted by Gasteiger charge is 2.18. The van der Waals surface area contributed by atoms with Crippen LogP contribution in [0, 0.1) is 5.82 Å². The van der Waals surface area contributed by atoms with Crippen LogP contribution in [0.1, 0.15) is 39.2 Å². The number of halogens is 2. The number of anilines is 1. The number of hydrogen-bond donors (Lipinski definition) is 2. The minimum Gasteiger partial charge on any atom is -0.345 e. The first-order valence-corrected chi connectivity index (χ1v) is 9.04. The molecule has 0 aromatic heterocycles. The highest BCUT2D eigenvalue weighted by Crippen LogP contribution is 2.20. The van der Waals surface area contributed by atoms with Gasteiger partial charge in [0.05, 0.1) is 22.9 Å². The predicted molar refractivity (Wildman–Crippen MR) is 108 cm³/mol. The van der Waals surface area contributed by atoms with E-state index in [2.05, 4.69) is 10.6 Å². The van der Waals surface area contributed by atoms with Gasteiger partial charge < -0.3 is 10.6 Å². The molecular weight excluding hydrogens is 379 g/mol. The fourth-order valence-corrected chi connectivity index (χ4v) is 2.91. The molecule has 0 saturated heterocycles. The van der Waals surface area contributed by atoms with Crippen LogP contribution in [0.15, 0.2) is 72.8 Å². The lowest BCUT2D eigenvalue weighted by atomic mass is 10.1. The summed E-state index contributed by atoms with van der Waals surface area (Å²) < 4.78 is 14.0. The fourth-order valence-electron chi connectivity index (χ4n) is 2.75. The standard InChI is InChI=1S/C22H18ClFN2O2/c1-14(15-7-3-2-4-8-15)25-22(28)18-9-5-6-10-20(18)26-21(27)17-12-11-16(23)13-19(17)24/h2-14H,1H3,(H,25,28)(H,26,27)/t14-/m1/s1. The van der Waals surface area contributed by atoms with E-state index in [4.69, 9.17) is 11.6 Å². The van der Waals surface area contributed by atoms with Gasteiger partial charge in [0.1, 0.15) is 5.82 Å². The van der Waals surface area contributed by atoms with Gasteiger partial charge in [0.25, 0.3) is 11.8 Å². The molecule has 0 spiro atoms. The van der Waals surface area contributed by atoms with Gasteiger partial charge in [-0.25, -0.2) is 4.39 Å². The second-order valence-corrected chi connectivity index (χ2v) is 6.67. The van der Waals surface area contributed by atoms with Crippen LogP contribution < -0.4 is 10.6 Å². The van der Waals surface area contributed by atoms with Crippen LogP contribution in [0.2, 0.25) is 5.02 Å². The minimum atomic E-state index is -0.732. The number of amides is 2. The van der Waals surface area contributed by atoms with Crippen LogP contribution in [0.25, 0.3) is 0 Å². The van der Waals surface area contributed by atoms with Gasteiger partial charge in [-0.1, -0.05) is 54.1 Å². The number of carbonyl (C=O) groups excluding carboxylic acids is 2. The molecule has 1 atom stereocenters. The van der Waals surface area contributed by atoms with Crippen molar-refractivity contribution in [2.75, 3.05) is 5.32 Å². The van der Waals surface area contributed by atoms with Crippen LogP contribution >= 0.6 is 11.6 Å². The first-order valence-electron chi connectivity index (χ1n) is 8.67. The van der Waals surface area contributed by atoms with Gasteiger partial charge in [-0.2, -0.15) is 0 Å². The summed E-state index contributed by atoms with van der Waals surface area (Å²) in [5, 5.41) is 5.70. The summed E-state index contributed by atoms with van der Waals surface area (Å²) in [6.07, 6.45) is 0. The third-order valence-electron chi connectivity index (χ3n) is 4.24. The molecule has 0 aliphatic rings. The first kappa shape index (κ1) is 19.6. The number of nitrogens with one attached hydrogen (secondary N) is 2. The second-order valence-electron chi connectivity index (χ2n) is 6.23. The molecule has 4 nitrogen and oxygen atoms in total. The van der Waals surface area contributed by atoms with E-state index in [1.54, 1.807) is 24.3 Å². The van der Waals surface area contributed by atoms with Crippen molar-refractivity contribution in [1.29, 1.82) is 0 Å². The molecule has 0 saturated carbocycles. The Morgan fingerprint density at radius 2 is 1.57 bits per heavy atom. The average molecular weight is 397 g/mol. The van der Waals surface area contributed by atoms with E-state index >= 15 is 0 Å². The van der Waals surface area contributed by atoms with E-state index in [1.807, 2.05) is 37.3 Å². The second kappa shape index (κ2) is 8.67. The molecular formula is C22H18ClFN2O2. The molecule has 3 aromatic carbocycles. The summed E-state index contributed by atoms with van der Waals surface area (Å²) in [7, 11) is 0. The molecule has 0 radical (unpaired) electrons. The van der Waals surface area contributed by atoms with Gasteiger partial charge in [-0.3, -0.25) is 9.59 Å². The molecule has 3 rings (SSSR count). The predicted octanol–water partition coefficient (Wildman–Crippen LogP) is 5.22. The number of rotatable bonds is 5. The summed E-state index contributed by atoms with van der Waals surface area (Å²) in [5.41, 5.74) is 1.38. The lowest BCUT2D eigenvalue weighted by Crippen LogP contribution is -2.28. The highest BCUT2D eigenvalue weighted by atomic mass is 35.5. The fraction of sp³-hybridized carbons (Fsp3) is 0.0909. The van der Waals surface area contributed by atoms with E-state index in [0.29, 0.717) is 5.69 Å². The van der Waals surface area contributed by atoms with Crippen molar-refractivity contribution in [1.82, 2.24) is 5.32 Å². The zero-order valence-corrected chi connectivity index (χ0v) is 15.8. The molecule has 2 N–H and O–H groups in total. The molecule has 28 heavy (non-hydrogen) atoms. The lowest BCUT2D eigenvalue weighted by molar-refractivity contribution is 0.0941. The molecule has 0 unspecified atom stereocenters. The molecule has 0 aliphatic heterocycles. The Labute approximate surface area is 167 Å². The molecule has 2 amide bonds. The third kappa shape index (κ3) is 4.56. The van der Waals surface area contributed by atoms with Gasteiger partial charge in [0.2, 0.25) is 0 Å². The Bertz CT molecular complexity index is 1010.